The van der Waals surface area contributed by atoms with Crippen LogP contribution in [-0.2, 0) is 11.3 Å². The molecule has 4 rings (SSSR count). The second-order valence-corrected chi connectivity index (χ2v) is 9.35. The highest BCUT2D eigenvalue weighted by Crippen LogP contribution is 2.25. The van der Waals surface area contributed by atoms with Gasteiger partial charge in [-0.05, 0) is 55.8 Å². The Hall–Kier alpha value is -3.91. The molecule has 178 valence electrons. The van der Waals surface area contributed by atoms with Gasteiger partial charge in [0.25, 0.3) is 5.56 Å². The maximum absolute atomic E-state index is 13.4. The van der Waals surface area contributed by atoms with E-state index in [1.165, 1.54) is 18.7 Å². The largest absolute Gasteiger partial charge is 0.497 e. The maximum atomic E-state index is 13.4. The number of nitrogens with zero attached hydrogens (tertiary/aromatic N) is 2. The number of amides is 1. The summed E-state index contributed by atoms with van der Waals surface area (Å²) >= 11 is 1.21. The zero-order valence-corrected chi connectivity index (χ0v) is 20.5. The number of methoxy groups -OCH3 is 1. The number of Topliss-reactive ketones (excluding diaryl/α,β-unsaturated/α-hetero) is 1. The summed E-state index contributed by atoms with van der Waals surface area (Å²) in [6.45, 7) is 3.54. The number of carbonyl (C=O) groups excluding carboxylic acids is 2. The Bertz CT molecular complexity index is 1450. The van der Waals surface area contributed by atoms with Crippen LogP contribution in [0.15, 0.2) is 82.7 Å². The molecule has 1 amide bonds. The number of carbonyl (C=O) groups is 2. The molecule has 0 aliphatic rings. The molecule has 0 aliphatic carbocycles. The number of ether oxygens (including phenoxy) is 1. The van der Waals surface area contributed by atoms with Gasteiger partial charge in [-0.3, -0.25) is 19.0 Å². The number of rotatable bonds is 8. The van der Waals surface area contributed by atoms with Crippen LogP contribution in [0.25, 0.3) is 10.9 Å². The summed E-state index contributed by atoms with van der Waals surface area (Å²) in [6, 6.07) is 21.4. The zero-order valence-electron chi connectivity index (χ0n) is 19.6. The van der Waals surface area contributed by atoms with Gasteiger partial charge in [-0.15, -0.1) is 0 Å². The average molecular weight is 488 g/mol. The molecule has 0 spiro atoms. The van der Waals surface area contributed by atoms with Gasteiger partial charge in [0.15, 0.2) is 10.9 Å². The third-order valence-corrected chi connectivity index (χ3v) is 6.60. The van der Waals surface area contributed by atoms with Crippen molar-refractivity contribution in [3.63, 3.8) is 0 Å². The molecule has 0 aliphatic heterocycles. The molecule has 1 unspecified atom stereocenters. The molecule has 0 saturated carbocycles. The normalized spacial score (nSPS) is 11.7. The lowest BCUT2D eigenvalue weighted by Crippen LogP contribution is -2.27. The number of hydrogen-bond acceptors (Lipinski definition) is 6. The highest BCUT2D eigenvalue weighted by Gasteiger charge is 2.20. The summed E-state index contributed by atoms with van der Waals surface area (Å²) < 4.78 is 6.82. The van der Waals surface area contributed by atoms with E-state index in [0.29, 0.717) is 33.9 Å². The Balaban J connectivity index is 1.63. The number of nitrogens with one attached hydrogen (secondary N) is 1. The van der Waals surface area contributed by atoms with Crippen molar-refractivity contribution in [3.8, 4) is 5.75 Å². The van der Waals surface area contributed by atoms with Crippen molar-refractivity contribution in [2.24, 2.45) is 0 Å². The molecule has 0 saturated heterocycles. The van der Waals surface area contributed by atoms with Crippen molar-refractivity contribution < 1.29 is 14.3 Å². The third-order valence-electron chi connectivity index (χ3n) is 5.51. The van der Waals surface area contributed by atoms with Gasteiger partial charge in [0.2, 0.25) is 5.91 Å². The number of fused-ring (bicyclic) bond motifs is 1. The summed E-state index contributed by atoms with van der Waals surface area (Å²) in [5.74, 6) is 0.395. The summed E-state index contributed by atoms with van der Waals surface area (Å²) in [6.07, 6.45) is 0. The number of hydrogen-bond donors (Lipinski definition) is 1. The van der Waals surface area contributed by atoms with Crippen LogP contribution >= 0.6 is 11.8 Å². The van der Waals surface area contributed by atoms with E-state index in [0.717, 1.165) is 11.3 Å². The lowest BCUT2D eigenvalue weighted by Gasteiger charge is -2.17. The Morgan fingerprint density at radius 3 is 2.51 bits per heavy atom. The first kappa shape index (κ1) is 24.2. The number of anilines is 1. The van der Waals surface area contributed by atoms with Crippen LogP contribution in [0.2, 0.25) is 0 Å². The number of thioether (sulfide) groups is 1. The second kappa shape index (κ2) is 10.6. The Morgan fingerprint density at radius 2 is 1.80 bits per heavy atom. The van der Waals surface area contributed by atoms with Crippen LogP contribution < -0.4 is 15.6 Å². The molecule has 1 N–H and O–H groups in total. The van der Waals surface area contributed by atoms with E-state index >= 15 is 0 Å². The average Bonchev–Trinajstić information content (AvgIpc) is 2.86. The fourth-order valence-electron chi connectivity index (χ4n) is 3.56. The molecule has 8 heteroatoms. The Morgan fingerprint density at radius 1 is 1.06 bits per heavy atom. The van der Waals surface area contributed by atoms with Crippen molar-refractivity contribution in [1.82, 2.24) is 9.55 Å². The monoisotopic (exact) mass is 487 g/mol. The van der Waals surface area contributed by atoms with E-state index in [-0.39, 0.29) is 17.2 Å². The van der Waals surface area contributed by atoms with Gasteiger partial charge in [-0.25, -0.2) is 4.98 Å². The van der Waals surface area contributed by atoms with E-state index in [9.17, 15) is 14.4 Å². The Kier molecular flexibility index (Phi) is 7.31. The molecule has 4 aromatic rings. The van der Waals surface area contributed by atoms with Crippen LogP contribution in [0.5, 0.6) is 5.75 Å². The molecule has 7 nitrogen and oxygen atoms in total. The van der Waals surface area contributed by atoms with Crippen LogP contribution in [0.4, 0.5) is 5.69 Å². The van der Waals surface area contributed by atoms with E-state index in [1.54, 1.807) is 61.1 Å². The minimum absolute atomic E-state index is 0.0774. The van der Waals surface area contributed by atoms with Crippen molar-refractivity contribution in [1.29, 1.82) is 0 Å². The maximum Gasteiger partial charge on any atom is 0.262 e. The predicted molar refractivity (Wildman–Crippen MR) is 138 cm³/mol. The van der Waals surface area contributed by atoms with Crippen LogP contribution in [-0.4, -0.2) is 33.6 Å². The molecule has 1 aromatic heterocycles. The van der Waals surface area contributed by atoms with E-state index in [1.807, 2.05) is 30.3 Å². The number of benzene rings is 3. The van der Waals surface area contributed by atoms with Gasteiger partial charge in [0.05, 0.1) is 29.8 Å². The number of para-hydroxylation sites is 1. The quantitative estimate of drug-likeness (QED) is 0.219. The molecular weight excluding hydrogens is 462 g/mol. The van der Waals surface area contributed by atoms with Gasteiger partial charge in [-0.2, -0.15) is 0 Å². The molecule has 35 heavy (non-hydrogen) atoms. The van der Waals surface area contributed by atoms with Gasteiger partial charge < -0.3 is 10.1 Å². The second-order valence-electron chi connectivity index (χ2n) is 8.04. The first-order chi connectivity index (χ1) is 16.9. The molecule has 3 aromatic carbocycles. The van der Waals surface area contributed by atoms with Gasteiger partial charge in [-0.1, -0.05) is 48.2 Å². The van der Waals surface area contributed by atoms with Gasteiger partial charge in [0, 0.05) is 11.3 Å². The summed E-state index contributed by atoms with van der Waals surface area (Å²) in [4.78, 5) is 42.7. The molecular formula is C27H25N3O4S. The Labute approximate surface area is 207 Å². The highest BCUT2D eigenvalue weighted by molar-refractivity contribution is 8.00. The standard InChI is InChI=1S/C27H25N3O4S/c1-17(31)20-7-6-8-21(15-20)28-25(32)18(2)35-27-29-24-10-5-4-9-23(24)26(33)30(27)16-19-11-13-22(34-3)14-12-19/h4-15,18H,16H2,1-3H3,(H,28,32). The topological polar surface area (TPSA) is 90.3 Å². The van der Waals surface area contributed by atoms with Crippen molar-refractivity contribution in [3.05, 3.63) is 94.3 Å². The predicted octanol–water partition coefficient (Wildman–Crippen LogP) is 4.78. The third kappa shape index (κ3) is 5.60. The van der Waals surface area contributed by atoms with Gasteiger partial charge in [0.1, 0.15) is 5.75 Å². The minimum atomic E-state index is -0.550. The molecule has 0 bridgehead atoms. The summed E-state index contributed by atoms with van der Waals surface area (Å²) in [5.41, 5.74) is 2.37. The van der Waals surface area contributed by atoms with Gasteiger partial charge >= 0.3 is 0 Å². The smallest absolute Gasteiger partial charge is 0.262 e. The lowest BCUT2D eigenvalue weighted by molar-refractivity contribution is -0.115. The molecule has 0 radical (unpaired) electrons. The first-order valence-corrected chi connectivity index (χ1v) is 11.9. The van der Waals surface area contributed by atoms with Crippen LogP contribution in [0.1, 0.15) is 29.8 Å². The van der Waals surface area contributed by atoms with Crippen molar-refractivity contribution >= 4 is 40.0 Å². The highest BCUT2D eigenvalue weighted by atomic mass is 32.2. The SMILES string of the molecule is COc1ccc(Cn2c(SC(C)C(=O)Nc3cccc(C(C)=O)c3)nc3ccccc3c2=O)cc1. The molecule has 1 heterocycles. The fourth-order valence-corrected chi connectivity index (χ4v) is 4.47. The van der Waals surface area contributed by atoms with E-state index in [4.69, 9.17) is 9.72 Å². The first-order valence-electron chi connectivity index (χ1n) is 11.1. The van der Waals surface area contributed by atoms with Crippen LogP contribution in [0, 0.1) is 0 Å². The summed E-state index contributed by atoms with van der Waals surface area (Å²) in [7, 11) is 1.60. The lowest BCUT2D eigenvalue weighted by atomic mass is 10.1. The zero-order chi connectivity index (χ0) is 24.9. The van der Waals surface area contributed by atoms with E-state index < -0.39 is 5.25 Å². The van der Waals surface area contributed by atoms with E-state index in [2.05, 4.69) is 5.32 Å². The minimum Gasteiger partial charge on any atom is -0.497 e. The van der Waals surface area contributed by atoms with Crippen molar-refractivity contribution in [2.75, 3.05) is 12.4 Å². The molecule has 1 atom stereocenters. The molecule has 0 fully saturated rings. The fraction of sp³-hybridized carbons (Fsp3) is 0.185. The summed E-state index contributed by atoms with van der Waals surface area (Å²) in [5, 5.41) is 3.27. The van der Waals surface area contributed by atoms with Crippen molar-refractivity contribution in [2.45, 2.75) is 30.8 Å². The number of aromatic nitrogens is 2. The number of ketones is 1. The van der Waals surface area contributed by atoms with Crippen LogP contribution in [0.3, 0.4) is 0 Å².